The average molecular weight is 501 g/mol. The molecule has 1 aliphatic heterocycles. The summed E-state index contributed by atoms with van der Waals surface area (Å²) in [5, 5.41) is 3.40. The molecule has 0 radical (unpaired) electrons. The van der Waals surface area contributed by atoms with E-state index in [4.69, 9.17) is 9.73 Å². The van der Waals surface area contributed by atoms with Crippen LogP contribution < -0.4 is 5.32 Å². The van der Waals surface area contributed by atoms with E-state index in [1.54, 1.807) is 0 Å². The van der Waals surface area contributed by atoms with Crippen molar-refractivity contribution in [3.05, 3.63) is 35.9 Å². The van der Waals surface area contributed by atoms with Gasteiger partial charge in [-0.05, 0) is 51.5 Å². The maximum absolute atomic E-state index is 11.9. The summed E-state index contributed by atoms with van der Waals surface area (Å²) in [4.78, 5) is 19.0. The van der Waals surface area contributed by atoms with Crippen molar-refractivity contribution in [1.29, 1.82) is 0 Å². The Balaban J connectivity index is 0.00000392. The number of guanidine groups is 1. The SMILES string of the molecule is CCNC(=NCCCCCc1ccccc1)N1CCC(C(=O)OCC)CC1.I. The fourth-order valence-corrected chi connectivity index (χ4v) is 3.46. The van der Waals surface area contributed by atoms with Gasteiger partial charge in [0.25, 0.3) is 0 Å². The van der Waals surface area contributed by atoms with Crippen LogP contribution in [0.5, 0.6) is 0 Å². The summed E-state index contributed by atoms with van der Waals surface area (Å²) in [6, 6.07) is 10.7. The van der Waals surface area contributed by atoms with Crippen LogP contribution in [0.15, 0.2) is 35.3 Å². The molecule has 6 heteroatoms. The zero-order valence-electron chi connectivity index (χ0n) is 17.4. The van der Waals surface area contributed by atoms with E-state index in [0.717, 1.165) is 57.8 Å². The molecular formula is C22H36IN3O2. The number of unbranched alkanes of at least 4 members (excludes halogenated alkanes) is 2. The number of aryl methyl sites for hydroxylation is 1. The van der Waals surface area contributed by atoms with Gasteiger partial charge in [-0.2, -0.15) is 0 Å². The van der Waals surface area contributed by atoms with Crippen molar-refractivity contribution in [2.45, 2.75) is 52.4 Å². The lowest BCUT2D eigenvalue weighted by Gasteiger charge is -2.33. The molecule has 1 aromatic carbocycles. The molecule has 0 aliphatic carbocycles. The van der Waals surface area contributed by atoms with E-state index >= 15 is 0 Å². The third-order valence-electron chi connectivity index (χ3n) is 4.98. The second-order valence-corrected chi connectivity index (χ2v) is 7.05. The summed E-state index contributed by atoms with van der Waals surface area (Å²) in [5.74, 6) is 0.988. The quantitative estimate of drug-likeness (QED) is 0.181. The Morgan fingerprint density at radius 1 is 1.14 bits per heavy atom. The number of rotatable bonds is 9. The molecule has 1 heterocycles. The molecule has 0 spiro atoms. The Kier molecular flexibility index (Phi) is 12.9. The van der Waals surface area contributed by atoms with Gasteiger partial charge in [-0.1, -0.05) is 36.8 Å². The van der Waals surface area contributed by atoms with Crippen LogP contribution in [0.4, 0.5) is 0 Å². The maximum Gasteiger partial charge on any atom is 0.309 e. The highest BCUT2D eigenvalue weighted by Gasteiger charge is 2.27. The first-order valence-corrected chi connectivity index (χ1v) is 10.5. The molecule has 158 valence electrons. The van der Waals surface area contributed by atoms with Crippen LogP contribution in [-0.4, -0.2) is 49.6 Å². The fourth-order valence-electron chi connectivity index (χ4n) is 3.46. The lowest BCUT2D eigenvalue weighted by atomic mass is 9.97. The Morgan fingerprint density at radius 3 is 2.50 bits per heavy atom. The Bertz CT molecular complexity index is 572. The number of hydrogen-bond donors (Lipinski definition) is 1. The molecule has 0 aromatic heterocycles. The standard InChI is InChI=1S/C22H35N3O2.HI/c1-3-23-22(25-17-14-20(15-18-25)21(26)27-4-2)24-16-10-6-9-13-19-11-7-5-8-12-19;/h5,7-8,11-12,20H,3-4,6,9-10,13-18H2,1-2H3,(H,23,24);1H. The van der Waals surface area contributed by atoms with Gasteiger partial charge in [0.2, 0.25) is 0 Å². The van der Waals surface area contributed by atoms with Crippen molar-refractivity contribution in [2.75, 3.05) is 32.8 Å². The van der Waals surface area contributed by atoms with Crippen LogP contribution in [0.1, 0.15) is 51.5 Å². The van der Waals surface area contributed by atoms with Gasteiger partial charge in [-0.15, -0.1) is 24.0 Å². The highest BCUT2D eigenvalue weighted by Crippen LogP contribution is 2.18. The monoisotopic (exact) mass is 501 g/mol. The first-order valence-electron chi connectivity index (χ1n) is 10.5. The highest BCUT2D eigenvalue weighted by atomic mass is 127. The topological polar surface area (TPSA) is 53.9 Å². The zero-order valence-corrected chi connectivity index (χ0v) is 19.7. The molecular weight excluding hydrogens is 465 g/mol. The first kappa shape index (κ1) is 24.7. The van der Waals surface area contributed by atoms with E-state index in [-0.39, 0.29) is 35.9 Å². The fraction of sp³-hybridized carbons (Fsp3) is 0.636. The van der Waals surface area contributed by atoms with Gasteiger partial charge >= 0.3 is 5.97 Å². The van der Waals surface area contributed by atoms with Crippen molar-refractivity contribution < 1.29 is 9.53 Å². The normalized spacial score (nSPS) is 15.1. The molecule has 0 bridgehead atoms. The molecule has 5 nitrogen and oxygen atoms in total. The summed E-state index contributed by atoms with van der Waals surface area (Å²) in [6.45, 7) is 7.88. The lowest BCUT2D eigenvalue weighted by molar-refractivity contribution is -0.149. The molecule has 28 heavy (non-hydrogen) atoms. The molecule has 1 aromatic rings. The molecule has 1 saturated heterocycles. The van der Waals surface area contributed by atoms with Gasteiger partial charge in [0.15, 0.2) is 5.96 Å². The number of carbonyl (C=O) groups excluding carboxylic acids is 1. The van der Waals surface area contributed by atoms with Crippen molar-refractivity contribution in [3.8, 4) is 0 Å². The molecule has 0 saturated carbocycles. The van der Waals surface area contributed by atoms with Gasteiger partial charge in [0.05, 0.1) is 12.5 Å². The first-order chi connectivity index (χ1) is 13.2. The number of piperidine rings is 1. The number of nitrogens with zero attached hydrogens (tertiary/aromatic N) is 2. The van der Waals surface area contributed by atoms with Crippen LogP contribution >= 0.6 is 24.0 Å². The summed E-state index contributed by atoms with van der Waals surface area (Å²) >= 11 is 0. The Labute approximate surface area is 187 Å². The van der Waals surface area contributed by atoms with Gasteiger partial charge in [0.1, 0.15) is 0 Å². The van der Waals surface area contributed by atoms with Gasteiger partial charge in [-0.25, -0.2) is 0 Å². The third kappa shape index (κ3) is 8.80. The predicted octanol–water partition coefficient (Wildman–Crippen LogP) is 4.26. The number of aliphatic imine (C=N–C) groups is 1. The van der Waals surface area contributed by atoms with Gasteiger partial charge in [-0.3, -0.25) is 9.79 Å². The molecule has 0 unspecified atom stereocenters. The molecule has 1 N–H and O–H groups in total. The van der Waals surface area contributed by atoms with E-state index in [0.29, 0.717) is 6.61 Å². The number of nitrogens with one attached hydrogen (secondary N) is 1. The van der Waals surface area contributed by atoms with Crippen LogP contribution in [-0.2, 0) is 16.0 Å². The number of ether oxygens (including phenoxy) is 1. The molecule has 1 aliphatic rings. The second kappa shape index (κ2) is 14.7. The van der Waals surface area contributed by atoms with E-state index in [9.17, 15) is 4.79 Å². The van der Waals surface area contributed by atoms with Crippen LogP contribution in [0, 0.1) is 5.92 Å². The van der Waals surface area contributed by atoms with Gasteiger partial charge in [0, 0.05) is 26.2 Å². The summed E-state index contributed by atoms with van der Waals surface area (Å²) in [7, 11) is 0. The second-order valence-electron chi connectivity index (χ2n) is 7.05. The minimum atomic E-state index is -0.0440. The molecule has 2 rings (SSSR count). The Hall–Kier alpha value is -1.31. The summed E-state index contributed by atoms with van der Waals surface area (Å²) in [6.07, 6.45) is 6.36. The van der Waals surface area contributed by atoms with Crippen LogP contribution in [0.3, 0.4) is 0 Å². The summed E-state index contributed by atoms with van der Waals surface area (Å²) in [5.41, 5.74) is 1.42. The number of benzene rings is 1. The van der Waals surface area contributed by atoms with Crippen molar-refractivity contribution in [2.24, 2.45) is 10.9 Å². The van der Waals surface area contributed by atoms with Crippen molar-refractivity contribution in [1.82, 2.24) is 10.2 Å². The number of carbonyl (C=O) groups is 1. The zero-order chi connectivity index (χ0) is 19.3. The van der Waals surface area contributed by atoms with Crippen LogP contribution in [0.25, 0.3) is 0 Å². The maximum atomic E-state index is 11.9. The number of esters is 1. The van der Waals surface area contributed by atoms with E-state index in [2.05, 4.69) is 47.5 Å². The number of hydrogen-bond acceptors (Lipinski definition) is 3. The Morgan fingerprint density at radius 2 is 1.86 bits per heavy atom. The largest absolute Gasteiger partial charge is 0.466 e. The smallest absolute Gasteiger partial charge is 0.309 e. The molecule has 1 fully saturated rings. The average Bonchev–Trinajstić information content (AvgIpc) is 2.71. The number of halogens is 1. The predicted molar refractivity (Wildman–Crippen MR) is 126 cm³/mol. The van der Waals surface area contributed by atoms with Crippen molar-refractivity contribution in [3.63, 3.8) is 0 Å². The van der Waals surface area contributed by atoms with E-state index in [1.807, 2.05) is 6.92 Å². The third-order valence-corrected chi connectivity index (χ3v) is 4.98. The highest BCUT2D eigenvalue weighted by molar-refractivity contribution is 14.0. The number of likely N-dealkylation sites (tertiary alicyclic amines) is 1. The summed E-state index contributed by atoms with van der Waals surface area (Å²) < 4.78 is 5.16. The lowest BCUT2D eigenvalue weighted by Crippen LogP contribution is -2.46. The van der Waals surface area contributed by atoms with Gasteiger partial charge < -0.3 is 15.0 Å². The minimum absolute atomic E-state index is 0. The van der Waals surface area contributed by atoms with E-state index < -0.39 is 0 Å². The van der Waals surface area contributed by atoms with Crippen molar-refractivity contribution >= 4 is 35.9 Å². The van der Waals surface area contributed by atoms with Crippen LogP contribution in [0.2, 0.25) is 0 Å². The van der Waals surface area contributed by atoms with E-state index in [1.165, 1.54) is 18.4 Å². The molecule has 0 amide bonds. The minimum Gasteiger partial charge on any atom is -0.466 e. The molecule has 0 atom stereocenters.